The molecule has 2 aromatic rings. The number of aryl methyl sites for hydroxylation is 1. The van der Waals surface area contributed by atoms with Crippen LogP contribution in [-0.2, 0) is 4.79 Å². The zero-order chi connectivity index (χ0) is 20.6. The molecule has 2 amide bonds. The van der Waals surface area contributed by atoms with Crippen LogP contribution in [0.15, 0.2) is 53.4 Å². The number of hydrogen-bond acceptors (Lipinski definition) is 4. The van der Waals surface area contributed by atoms with Gasteiger partial charge in [0.25, 0.3) is 5.91 Å². The Kier molecular flexibility index (Phi) is 7.58. The van der Waals surface area contributed by atoms with Crippen molar-refractivity contribution in [1.29, 1.82) is 0 Å². The summed E-state index contributed by atoms with van der Waals surface area (Å²) in [6, 6.07) is 15.2. The Morgan fingerprint density at radius 3 is 2.41 bits per heavy atom. The van der Waals surface area contributed by atoms with E-state index >= 15 is 0 Å². The molecule has 3 rings (SSSR count). The second kappa shape index (κ2) is 10.3. The lowest BCUT2D eigenvalue weighted by Crippen LogP contribution is -2.37. The van der Waals surface area contributed by atoms with E-state index in [-0.39, 0.29) is 11.8 Å². The molecule has 1 aliphatic rings. The Morgan fingerprint density at radius 2 is 1.66 bits per heavy atom. The molecule has 154 valence electrons. The molecule has 0 atom stereocenters. The summed E-state index contributed by atoms with van der Waals surface area (Å²) < 4.78 is 5.70. The third kappa shape index (κ3) is 6.00. The smallest absolute Gasteiger partial charge is 0.255 e. The Hall–Kier alpha value is -2.47. The van der Waals surface area contributed by atoms with Gasteiger partial charge in [-0.1, -0.05) is 29.8 Å². The first-order valence-corrected chi connectivity index (χ1v) is 10.5. The molecule has 1 fully saturated rings. The maximum atomic E-state index is 12.8. The molecular formula is C23H28N2O3S. The fraction of sp³-hybridized carbons (Fsp3) is 0.391. The first-order chi connectivity index (χ1) is 14.0. The summed E-state index contributed by atoms with van der Waals surface area (Å²) in [6.07, 6.45) is 1.92. The van der Waals surface area contributed by atoms with Crippen molar-refractivity contribution in [3.63, 3.8) is 0 Å². The first-order valence-electron chi connectivity index (χ1n) is 10.1. The van der Waals surface area contributed by atoms with Crippen LogP contribution in [-0.4, -0.2) is 54.4 Å². The van der Waals surface area contributed by atoms with Crippen molar-refractivity contribution in [3.05, 3.63) is 59.7 Å². The number of ether oxygens (including phenoxy) is 1. The molecule has 0 spiro atoms. The van der Waals surface area contributed by atoms with Gasteiger partial charge in [0.05, 0.1) is 12.2 Å². The van der Waals surface area contributed by atoms with Crippen molar-refractivity contribution in [1.82, 2.24) is 9.80 Å². The second-order valence-electron chi connectivity index (χ2n) is 7.31. The Labute approximate surface area is 178 Å². The summed E-state index contributed by atoms with van der Waals surface area (Å²) >= 11 is 4.39. The molecule has 1 aliphatic heterocycles. The molecule has 2 aromatic carbocycles. The maximum absolute atomic E-state index is 12.8. The summed E-state index contributed by atoms with van der Waals surface area (Å²) in [7, 11) is 0. The van der Waals surface area contributed by atoms with Gasteiger partial charge in [-0.2, -0.15) is 0 Å². The Bertz CT molecular complexity index is 838. The van der Waals surface area contributed by atoms with Crippen LogP contribution in [0.2, 0.25) is 0 Å². The van der Waals surface area contributed by atoms with Gasteiger partial charge in [0.15, 0.2) is 0 Å². The molecule has 0 saturated carbocycles. The minimum Gasteiger partial charge on any atom is -0.494 e. The standard InChI is InChI=1S/C23H28N2O3S/c1-18-9-11-19(12-10-18)28-17-4-8-22(26)24-13-5-14-25(16-15-24)23(27)20-6-2-3-7-21(20)29/h2-3,6-7,9-12,29H,4-5,8,13-17H2,1H3. The maximum Gasteiger partial charge on any atom is 0.255 e. The molecule has 0 radical (unpaired) electrons. The molecule has 0 bridgehead atoms. The van der Waals surface area contributed by atoms with Crippen LogP contribution in [0.1, 0.15) is 35.2 Å². The molecule has 1 heterocycles. The van der Waals surface area contributed by atoms with Gasteiger partial charge in [-0.15, -0.1) is 12.6 Å². The van der Waals surface area contributed by atoms with Crippen LogP contribution in [0.4, 0.5) is 0 Å². The summed E-state index contributed by atoms with van der Waals surface area (Å²) in [4.78, 5) is 29.7. The lowest BCUT2D eigenvalue weighted by atomic mass is 10.2. The highest BCUT2D eigenvalue weighted by atomic mass is 32.1. The van der Waals surface area contributed by atoms with Gasteiger partial charge in [0, 0.05) is 37.5 Å². The molecule has 6 heteroatoms. The molecule has 0 aliphatic carbocycles. The average molecular weight is 413 g/mol. The fourth-order valence-corrected chi connectivity index (χ4v) is 3.66. The molecule has 5 nitrogen and oxygen atoms in total. The summed E-state index contributed by atoms with van der Waals surface area (Å²) in [6.45, 7) is 5.01. The van der Waals surface area contributed by atoms with Gasteiger partial charge in [-0.3, -0.25) is 9.59 Å². The predicted molar refractivity (Wildman–Crippen MR) is 117 cm³/mol. The lowest BCUT2D eigenvalue weighted by molar-refractivity contribution is -0.131. The number of carbonyl (C=O) groups excluding carboxylic acids is 2. The van der Waals surface area contributed by atoms with Crippen LogP contribution in [0, 0.1) is 6.92 Å². The van der Waals surface area contributed by atoms with Gasteiger partial charge in [-0.25, -0.2) is 0 Å². The Morgan fingerprint density at radius 1 is 0.966 bits per heavy atom. The highest BCUT2D eigenvalue weighted by Crippen LogP contribution is 2.17. The number of rotatable bonds is 6. The number of nitrogens with zero attached hydrogens (tertiary/aromatic N) is 2. The van der Waals surface area contributed by atoms with E-state index in [1.165, 1.54) is 5.56 Å². The van der Waals surface area contributed by atoms with Crippen molar-refractivity contribution in [2.45, 2.75) is 31.1 Å². The summed E-state index contributed by atoms with van der Waals surface area (Å²) in [5.74, 6) is 0.939. The quantitative estimate of drug-likeness (QED) is 0.580. The van der Waals surface area contributed by atoms with Crippen LogP contribution < -0.4 is 4.74 Å². The predicted octanol–water partition coefficient (Wildman–Crippen LogP) is 3.82. The normalized spacial score (nSPS) is 14.4. The number of thiol groups is 1. The molecule has 0 aromatic heterocycles. The molecule has 0 N–H and O–H groups in total. The van der Waals surface area contributed by atoms with Gasteiger partial charge >= 0.3 is 0 Å². The SMILES string of the molecule is Cc1ccc(OCCCC(=O)N2CCCN(C(=O)c3ccccc3S)CC2)cc1. The van der Waals surface area contributed by atoms with E-state index in [9.17, 15) is 9.59 Å². The average Bonchev–Trinajstić information content (AvgIpc) is 2.98. The fourth-order valence-electron chi connectivity index (χ4n) is 3.40. The van der Waals surface area contributed by atoms with E-state index in [1.54, 1.807) is 6.07 Å². The second-order valence-corrected chi connectivity index (χ2v) is 7.79. The van der Waals surface area contributed by atoms with Gasteiger partial charge in [-0.05, 0) is 44.0 Å². The van der Waals surface area contributed by atoms with E-state index in [0.717, 1.165) is 12.2 Å². The molecular weight excluding hydrogens is 384 g/mol. The first kappa shape index (κ1) is 21.2. The number of benzene rings is 2. The number of hydrogen-bond donors (Lipinski definition) is 1. The van der Waals surface area contributed by atoms with Gasteiger partial charge in [0.1, 0.15) is 5.75 Å². The number of amides is 2. The largest absolute Gasteiger partial charge is 0.494 e. The van der Waals surface area contributed by atoms with E-state index in [0.29, 0.717) is 56.1 Å². The summed E-state index contributed by atoms with van der Waals surface area (Å²) in [5.41, 5.74) is 1.81. The van der Waals surface area contributed by atoms with Crippen LogP contribution in [0.3, 0.4) is 0 Å². The third-order valence-corrected chi connectivity index (χ3v) is 5.48. The highest BCUT2D eigenvalue weighted by molar-refractivity contribution is 7.80. The van der Waals surface area contributed by atoms with Gasteiger partial charge in [0.2, 0.25) is 5.91 Å². The van der Waals surface area contributed by atoms with Crippen molar-refractivity contribution < 1.29 is 14.3 Å². The highest BCUT2D eigenvalue weighted by Gasteiger charge is 2.23. The van der Waals surface area contributed by atoms with Gasteiger partial charge < -0.3 is 14.5 Å². The minimum absolute atomic E-state index is 0.0172. The molecule has 1 saturated heterocycles. The molecule has 0 unspecified atom stereocenters. The Balaban J connectivity index is 1.43. The number of carbonyl (C=O) groups is 2. The van der Waals surface area contributed by atoms with E-state index < -0.39 is 0 Å². The van der Waals surface area contributed by atoms with Crippen molar-refractivity contribution in [2.24, 2.45) is 0 Å². The third-order valence-electron chi connectivity index (χ3n) is 5.09. The van der Waals surface area contributed by atoms with E-state index in [2.05, 4.69) is 12.6 Å². The molecule has 29 heavy (non-hydrogen) atoms. The minimum atomic E-state index is -0.0172. The van der Waals surface area contributed by atoms with E-state index in [4.69, 9.17) is 4.74 Å². The van der Waals surface area contributed by atoms with Crippen molar-refractivity contribution in [3.8, 4) is 5.75 Å². The van der Waals surface area contributed by atoms with Crippen LogP contribution >= 0.6 is 12.6 Å². The summed E-state index contributed by atoms with van der Waals surface area (Å²) in [5, 5.41) is 0. The monoisotopic (exact) mass is 412 g/mol. The van der Waals surface area contributed by atoms with Crippen molar-refractivity contribution >= 4 is 24.4 Å². The van der Waals surface area contributed by atoms with Crippen LogP contribution in [0.5, 0.6) is 5.75 Å². The zero-order valence-corrected chi connectivity index (χ0v) is 17.7. The topological polar surface area (TPSA) is 49.9 Å². The van der Waals surface area contributed by atoms with Crippen LogP contribution in [0.25, 0.3) is 0 Å². The van der Waals surface area contributed by atoms with Crippen molar-refractivity contribution in [2.75, 3.05) is 32.8 Å². The van der Waals surface area contributed by atoms with E-state index in [1.807, 2.05) is 59.2 Å². The lowest BCUT2D eigenvalue weighted by Gasteiger charge is -2.22. The zero-order valence-electron chi connectivity index (χ0n) is 16.8.